The minimum atomic E-state index is -3.63. The topological polar surface area (TPSA) is 76.1 Å². The standard InChI is InChI=1S/C22H28N2O5S/c1-23(2)30(26,27)20-11-6-9-17(14-20)22(25)24(16-19-10-7-13-29-19)15-18-8-4-5-12-21(18)28-3/h4-6,8-9,11-12,14,19H,7,10,13,15-16H2,1-3H3. The van der Waals surface area contributed by atoms with Crippen molar-refractivity contribution in [1.82, 2.24) is 9.21 Å². The van der Waals surface area contributed by atoms with E-state index in [1.54, 1.807) is 24.1 Å². The fraction of sp³-hybridized carbons (Fsp3) is 0.409. The number of ether oxygens (including phenoxy) is 2. The summed E-state index contributed by atoms with van der Waals surface area (Å²) < 4.78 is 37.3. The third kappa shape index (κ3) is 5.00. The Kier molecular flexibility index (Phi) is 7.12. The summed E-state index contributed by atoms with van der Waals surface area (Å²) in [6.07, 6.45) is 1.83. The zero-order valence-electron chi connectivity index (χ0n) is 17.6. The van der Waals surface area contributed by atoms with Gasteiger partial charge in [-0.05, 0) is 37.1 Å². The van der Waals surface area contributed by atoms with Crippen molar-refractivity contribution in [2.24, 2.45) is 0 Å². The number of carbonyl (C=O) groups is 1. The lowest BCUT2D eigenvalue weighted by molar-refractivity contribution is 0.0505. The molecule has 30 heavy (non-hydrogen) atoms. The first-order valence-corrected chi connectivity index (χ1v) is 11.3. The molecule has 1 aliphatic heterocycles. The number of hydrogen-bond donors (Lipinski definition) is 0. The van der Waals surface area contributed by atoms with E-state index in [0.717, 1.165) is 22.7 Å². The number of methoxy groups -OCH3 is 1. The van der Waals surface area contributed by atoms with Crippen LogP contribution in [0, 0.1) is 0 Å². The number of sulfonamides is 1. The molecule has 0 aromatic heterocycles. The number of rotatable bonds is 8. The van der Waals surface area contributed by atoms with Crippen LogP contribution in [-0.2, 0) is 21.3 Å². The molecular weight excluding hydrogens is 404 g/mol. The predicted octanol–water partition coefficient (Wildman–Crippen LogP) is 2.77. The van der Waals surface area contributed by atoms with E-state index in [4.69, 9.17) is 9.47 Å². The second-order valence-corrected chi connectivity index (χ2v) is 9.60. The average Bonchev–Trinajstić information content (AvgIpc) is 3.26. The minimum Gasteiger partial charge on any atom is -0.496 e. The van der Waals surface area contributed by atoms with Crippen LogP contribution in [0.1, 0.15) is 28.8 Å². The van der Waals surface area contributed by atoms with E-state index < -0.39 is 10.0 Å². The molecule has 3 rings (SSSR count). The first kappa shape index (κ1) is 22.3. The van der Waals surface area contributed by atoms with E-state index in [2.05, 4.69) is 0 Å². The van der Waals surface area contributed by atoms with Gasteiger partial charge in [0.25, 0.3) is 5.91 Å². The monoisotopic (exact) mass is 432 g/mol. The van der Waals surface area contributed by atoms with E-state index in [-0.39, 0.29) is 16.9 Å². The summed E-state index contributed by atoms with van der Waals surface area (Å²) in [6, 6.07) is 13.7. The third-order valence-corrected chi connectivity index (χ3v) is 6.96. The fourth-order valence-corrected chi connectivity index (χ4v) is 4.42. The summed E-state index contributed by atoms with van der Waals surface area (Å²) in [5.41, 5.74) is 1.20. The van der Waals surface area contributed by atoms with E-state index in [9.17, 15) is 13.2 Å². The van der Waals surface area contributed by atoms with Crippen LogP contribution >= 0.6 is 0 Å². The van der Waals surface area contributed by atoms with Crippen LogP contribution in [0.15, 0.2) is 53.4 Å². The summed E-state index contributed by atoms with van der Waals surface area (Å²) in [5, 5.41) is 0. The largest absolute Gasteiger partial charge is 0.496 e. The number of carbonyl (C=O) groups excluding carboxylic acids is 1. The minimum absolute atomic E-state index is 0.0302. The third-order valence-electron chi connectivity index (χ3n) is 5.15. The maximum Gasteiger partial charge on any atom is 0.254 e. The number of benzene rings is 2. The lowest BCUT2D eigenvalue weighted by atomic mass is 10.1. The highest BCUT2D eigenvalue weighted by atomic mass is 32.2. The Balaban J connectivity index is 1.92. The molecule has 0 saturated carbocycles. The zero-order valence-corrected chi connectivity index (χ0v) is 18.4. The number of amides is 1. The smallest absolute Gasteiger partial charge is 0.254 e. The molecule has 8 heteroatoms. The van der Waals surface area contributed by atoms with Crippen LogP contribution < -0.4 is 4.74 Å². The van der Waals surface area contributed by atoms with Crippen molar-refractivity contribution in [2.75, 3.05) is 34.4 Å². The van der Waals surface area contributed by atoms with Crippen LogP contribution in [0.5, 0.6) is 5.75 Å². The van der Waals surface area contributed by atoms with Gasteiger partial charge >= 0.3 is 0 Å². The molecule has 1 unspecified atom stereocenters. The van der Waals surface area contributed by atoms with Crippen molar-refractivity contribution in [1.29, 1.82) is 0 Å². The van der Waals surface area contributed by atoms with Gasteiger partial charge in [-0.2, -0.15) is 0 Å². The Morgan fingerprint density at radius 1 is 1.17 bits per heavy atom. The van der Waals surface area contributed by atoms with Crippen molar-refractivity contribution in [3.63, 3.8) is 0 Å². The molecule has 0 radical (unpaired) electrons. The normalized spacial score (nSPS) is 16.6. The molecule has 1 saturated heterocycles. The van der Waals surface area contributed by atoms with Crippen molar-refractivity contribution in [3.8, 4) is 5.75 Å². The molecule has 1 atom stereocenters. The van der Waals surface area contributed by atoms with Crippen LogP contribution in [0.4, 0.5) is 0 Å². The number of nitrogens with zero attached hydrogens (tertiary/aromatic N) is 2. The zero-order chi connectivity index (χ0) is 21.7. The molecule has 1 heterocycles. The Morgan fingerprint density at radius 2 is 1.93 bits per heavy atom. The van der Waals surface area contributed by atoms with Gasteiger partial charge in [-0.25, -0.2) is 12.7 Å². The molecule has 2 aromatic carbocycles. The first-order valence-electron chi connectivity index (χ1n) is 9.88. The molecule has 2 aromatic rings. The average molecular weight is 433 g/mol. The van der Waals surface area contributed by atoms with Gasteiger partial charge in [0.15, 0.2) is 0 Å². The quantitative estimate of drug-likeness (QED) is 0.641. The summed E-state index contributed by atoms with van der Waals surface area (Å²) in [6.45, 7) is 1.47. The van der Waals surface area contributed by atoms with Gasteiger partial charge in [-0.1, -0.05) is 24.3 Å². The van der Waals surface area contributed by atoms with E-state index in [1.807, 2.05) is 24.3 Å². The summed E-state index contributed by atoms with van der Waals surface area (Å²) in [4.78, 5) is 15.2. The van der Waals surface area contributed by atoms with Gasteiger partial charge < -0.3 is 14.4 Å². The summed E-state index contributed by atoms with van der Waals surface area (Å²) in [5.74, 6) is 0.457. The molecule has 0 aliphatic carbocycles. The van der Waals surface area contributed by atoms with Crippen molar-refractivity contribution in [3.05, 3.63) is 59.7 Å². The molecule has 0 spiro atoms. The maximum atomic E-state index is 13.4. The number of hydrogen-bond acceptors (Lipinski definition) is 5. The lowest BCUT2D eigenvalue weighted by Gasteiger charge is -2.26. The van der Waals surface area contributed by atoms with E-state index in [0.29, 0.717) is 31.0 Å². The fourth-order valence-electron chi connectivity index (χ4n) is 3.48. The molecule has 1 aliphatic rings. The maximum absolute atomic E-state index is 13.4. The second-order valence-electron chi connectivity index (χ2n) is 7.45. The van der Waals surface area contributed by atoms with Crippen molar-refractivity contribution >= 4 is 15.9 Å². The number of para-hydroxylation sites is 1. The summed E-state index contributed by atoms with van der Waals surface area (Å²) >= 11 is 0. The molecule has 7 nitrogen and oxygen atoms in total. The van der Waals surface area contributed by atoms with E-state index >= 15 is 0 Å². The van der Waals surface area contributed by atoms with Crippen LogP contribution in [0.25, 0.3) is 0 Å². The molecule has 0 N–H and O–H groups in total. The van der Waals surface area contributed by atoms with Crippen LogP contribution in [0.2, 0.25) is 0 Å². The molecule has 0 bridgehead atoms. The van der Waals surface area contributed by atoms with Crippen molar-refractivity contribution < 1.29 is 22.7 Å². The van der Waals surface area contributed by atoms with E-state index in [1.165, 1.54) is 26.2 Å². The highest BCUT2D eigenvalue weighted by Crippen LogP contribution is 2.23. The van der Waals surface area contributed by atoms with Gasteiger partial charge in [0, 0.05) is 44.9 Å². The lowest BCUT2D eigenvalue weighted by Crippen LogP contribution is -2.37. The Labute approximate surface area is 178 Å². The molecular formula is C22H28N2O5S. The van der Waals surface area contributed by atoms with Crippen LogP contribution in [0.3, 0.4) is 0 Å². The highest BCUT2D eigenvalue weighted by molar-refractivity contribution is 7.89. The van der Waals surface area contributed by atoms with Crippen LogP contribution in [-0.4, -0.2) is 64.0 Å². The SMILES string of the molecule is COc1ccccc1CN(CC1CCCO1)C(=O)c1cccc(S(=O)(=O)N(C)C)c1. The van der Waals surface area contributed by atoms with Gasteiger partial charge in [0.05, 0.1) is 18.1 Å². The van der Waals surface area contributed by atoms with Gasteiger partial charge in [0.2, 0.25) is 10.0 Å². The first-order chi connectivity index (χ1) is 14.3. The van der Waals surface area contributed by atoms with Gasteiger partial charge in [-0.3, -0.25) is 4.79 Å². The Morgan fingerprint density at radius 3 is 2.60 bits per heavy atom. The predicted molar refractivity (Wildman–Crippen MR) is 114 cm³/mol. The second kappa shape index (κ2) is 9.59. The molecule has 1 fully saturated rings. The van der Waals surface area contributed by atoms with Crippen molar-refractivity contribution in [2.45, 2.75) is 30.4 Å². The summed E-state index contributed by atoms with van der Waals surface area (Å²) in [7, 11) is 0.900. The van der Waals surface area contributed by atoms with Gasteiger partial charge in [-0.15, -0.1) is 0 Å². The Hall–Kier alpha value is -2.42. The van der Waals surface area contributed by atoms with Gasteiger partial charge in [0.1, 0.15) is 5.75 Å². The molecule has 1 amide bonds. The molecule has 162 valence electrons. The Bertz CT molecular complexity index is 985. The highest BCUT2D eigenvalue weighted by Gasteiger charge is 2.26.